The van der Waals surface area contributed by atoms with E-state index >= 15 is 0 Å². The van der Waals surface area contributed by atoms with Crippen molar-refractivity contribution in [1.29, 1.82) is 0 Å². The second kappa shape index (κ2) is 8.32. The number of hydrogen-bond acceptors (Lipinski definition) is 2. The third-order valence-corrected chi connectivity index (χ3v) is 5.40. The molecule has 0 aliphatic carbocycles. The maximum atomic E-state index is 12.4. The summed E-state index contributed by atoms with van der Waals surface area (Å²) in [7, 11) is 0. The molecule has 0 atom stereocenters. The summed E-state index contributed by atoms with van der Waals surface area (Å²) in [4.78, 5) is 14.6. The van der Waals surface area contributed by atoms with Gasteiger partial charge in [-0.25, -0.2) is 0 Å². The van der Waals surface area contributed by atoms with Crippen LogP contribution in [-0.4, -0.2) is 29.0 Å². The van der Waals surface area contributed by atoms with Gasteiger partial charge in [-0.1, -0.05) is 30.3 Å². The molecule has 0 unspecified atom stereocenters. The Balaban J connectivity index is 1.52. The summed E-state index contributed by atoms with van der Waals surface area (Å²) in [6.45, 7) is 5.79. The zero-order valence-electron chi connectivity index (χ0n) is 15.3. The molecule has 0 aromatic heterocycles. The molecule has 0 saturated carbocycles. The van der Waals surface area contributed by atoms with Gasteiger partial charge in [0, 0.05) is 30.4 Å². The van der Waals surface area contributed by atoms with Gasteiger partial charge in [-0.3, -0.25) is 4.79 Å². The number of rotatable bonds is 3. The van der Waals surface area contributed by atoms with Gasteiger partial charge in [-0.2, -0.15) is 0 Å². The molecule has 2 N–H and O–H groups in total. The molecule has 1 saturated heterocycles. The summed E-state index contributed by atoms with van der Waals surface area (Å²) in [6.07, 6.45) is 1.63. The predicted molar refractivity (Wildman–Crippen MR) is 112 cm³/mol. The van der Waals surface area contributed by atoms with Crippen LogP contribution in [0.2, 0.25) is 0 Å². The van der Waals surface area contributed by atoms with Crippen LogP contribution in [0.3, 0.4) is 0 Å². The fourth-order valence-corrected chi connectivity index (χ4v) is 3.48. The molecule has 4 nitrogen and oxygen atoms in total. The summed E-state index contributed by atoms with van der Waals surface area (Å²) >= 11 is 5.58. The number of para-hydroxylation sites is 1. The Bertz CT molecular complexity index is 783. The van der Waals surface area contributed by atoms with Crippen molar-refractivity contribution < 1.29 is 4.79 Å². The largest absolute Gasteiger partial charge is 0.349 e. The van der Waals surface area contributed by atoms with Crippen molar-refractivity contribution in [3.05, 3.63) is 59.7 Å². The van der Waals surface area contributed by atoms with Gasteiger partial charge in [0.1, 0.15) is 0 Å². The summed E-state index contributed by atoms with van der Waals surface area (Å²) < 4.78 is 0. The molecule has 1 fully saturated rings. The Morgan fingerprint density at radius 3 is 2.38 bits per heavy atom. The molecule has 2 aromatic carbocycles. The molecular formula is C21H25N3OS. The van der Waals surface area contributed by atoms with Crippen LogP contribution in [0, 0.1) is 19.8 Å². The standard InChI is InChI=1S/C21H25N3OS/c1-15-7-6-10-19(16(15)2)23-21(26)24-13-11-17(12-14-24)20(25)22-18-8-4-3-5-9-18/h3-10,17H,11-14H2,1-2H3,(H,22,25)(H,23,26). The van der Waals surface area contributed by atoms with Gasteiger partial charge < -0.3 is 15.5 Å². The van der Waals surface area contributed by atoms with Gasteiger partial charge in [0.2, 0.25) is 5.91 Å². The summed E-state index contributed by atoms with van der Waals surface area (Å²) in [5.74, 6) is 0.138. The highest BCUT2D eigenvalue weighted by Gasteiger charge is 2.26. The first-order valence-corrected chi connectivity index (χ1v) is 9.43. The SMILES string of the molecule is Cc1cccc(NC(=S)N2CCC(C(=O)Nc3ccccc3)CC2)c1C. The smallest absolute Gasteiger partial charge is 0.227 e. The summed E-state index contributed by atoms with van der Waals surface area (Å²) in [5.41, 5.74) is 4.37. The molecule has 0 spiro atoms. The van der Waals surface area contributed by atoms with Crippen molar-refractivity contribution in [3.63, 3.8) is 0 Å². The lowest BCUT2D eigenvalue weighted by Crippen LogP contribution is -2.43. The Kier molecular flexibility index (Phi) is 5.89. The molecule has 26 heavy (non-hydrogen) atoms. The van der Waals surface area contributed by atoms with E-state index in [1.165, 1.54) is 11.1 Å². The fraction of sp³-hybridized carbons (Fsp3) is 0.333. The number of benzene rings is 2. The predicted octanol–water partition coefficient (Wildman–Crippen LogP) is 4.35. The second-order valence-electron chi connectivity index (χ2n) is 6.79. The molecule has 2 aromatic rings. The van der Waals surface area contributed by atoms with E-state index in [1.807, 2.05) is 36.4 Å². The van der Waals surface area contributed by atoms with Crippen molar-refractivity contribution in [3.8, 4) is 0 Å². The maximum absolute atomic E-state index is 12.4. The van der Waals surface area contributed by atoms with Gasteiger partial charge in [0.25, 0.3) is 0 Å². The number of hydrogen-bond donors (Lipinski definition) is 2. The van der Waals surface area contributed by atoms with Crippen molar-refractivity contribution in [1.82, 2.24) is 4.90 Å². The van der Waals surface area contributed by atoms with Crippen molar-refractivity contribution in [2.45, 2.75) is 26.7 Å². The summed E-state index contributed by atoms with van der Waals surface area (Å²) in [5, 5.41) is 7.10. The molecule has 1 amide bonds. The number of piperidine rings is 1. The van der Waals surface area contributed by atoms with Crippen LogP contribution >= 0.6 is 12.2 Å². The van der Waals surface area contributed by atoms with Gasteiger partial charge in [0.05, 0.1) is 0 Å². The topological polar surface area (TPSA) is 44.4 Å². The normalized spacial score (nSPS) is 14.8. The van der Waals surface area contributed by atoms with Gasteiger partial charge in [0.15, 0.2) is 5.11 Å². The van der Waals surface area contributed by atoms with E-state index in [9.17, 15) is 4.79 Å². The maximum Gasteiger partial charge on any atom is 0.227 e. The molecule has 5 heteroatoms. The van der Waals surface area contributed by atoms with E-state index in [0.29, 0.717) is 0 Å². The number of amides is 1. The number of thiocarbonyl (C=S) groups is 1. The van der Waals surface area contributed by atoms with E-state index in [-0.39, 0.29) is 11.8 Å². The molecule has 1 aliphatic heterocycles. The van der Waals surface area contributed by atoms with Gasteiger partial charge in [-0.05, 0) is 68.2 Å². The monoisotopic (exact) mass is 367 g/mol. The van der Waals surface area contributed by atoms with Crippen LogP contribution in [0.25, 0.3) is 0 Å². The van der Waals surface area contributed by atoms with Crippen molar-refractivity contribution >= 4 is 34.6 Å². The summed E-state index contributed by atoms with van der Waals surface area (Å²) in [6, 6.07) is 15.8. The zero-order valence-corrected chi connectivity index (χ0v) is 16.1. The zero-order chi connectivity index (χ0) is 18.5. The minimum absolute atomic E-state index is 0.0370. The molecular weight excluding hydrogens is 342 g/mol. The Hall–Kier alpha value is -2.40. The molecule has 1 aliphatic rings. The van der Waals surface area contributed by atoms with Gasteiger partial charge >= 0.3 is 0 Å². The number of nitrogens with one attached hydrogen (secondary N) is 2. The molecule has 3 rings (SSSR count). The molecule has 1 heterocycles. The first-order chi connectivity index (χ1) is 12.5. The highest BCUT2D eigenvalue weighted by Crippen LogP contribution is 2.22. The van der Waals surface area contributed by atoms with Crippen LogP contribution in [0.5, 0.6) is 0 Å². The quantitative estimate of drug-likeness (QED) is 0.792. The highest BCUT2D eigenvalue weighted by molar-refractivity contribution is 7.80. The average molecular weight is 368 g/mol. The van der Waals surface area contributed by atoms with Crippen molar-refractivity contribution in [2.24, 2.45) is 5.92 Å². The first kappa shape index (κ1) is 18.4. The van der Waals surface area contributed by atoms with Crippen LogP contribution < -0.4 is 10.6 Å². The lowest BCUT2D eigenvalue weighted by molar-refractivity contribution is -0.120. The Morgan fingerprint density at radius 1 is 1.00 bits per heavy atom. The lowest BCUT2D eigenvalue weighted by atomic mass is 9.96. The minimum atomic E-state index is 0.0370. The fourth-order valence-electron chi connectivity index (χ4n) is 3.19. The molecule has 0 radical (unpaired) electrons. The molecule has 0 bridgehead atoms. The lowest BCUT2D eigenvalue weighted by Gasteiger charge is -2.33. The second-order valence-corrected chi connectivity index (χ2v) is 7.18. The van der Waals surface area contributed by atoms with Crippen LogP contribution in [0.1, 0.15) is 24.0 Å². The van der Waals surface area contributed by atoms with Gasteiger partial charge in [-0.15, -0.1) is 0 Å². The first-order valence-electron chi connectivity index (χ1n) is 9.02. The van der Waals surface area contributed by atoms with E-state index in [4.69, 9.17) is 12.2 Å². The third-order valence-electron chi connectivity index (χ3n) is 5.04. The van der Waals surface area contributed by atoms with E-state index in [0.717, 1.165) is 42.4 Å². The number of nitrogens with zero attached hydrogens (tertiary/aromatic N) is 1. The van der Waals surface area contributed by atoms with Crippen molar-refractivity contribution in [2.75, 3.05) is 23.7 Å². The average Bonchev–Trinajstić information content (AvgIpc) is 2.66. The van der Waals surface area contributed by atoms with Crippen LogP contribution in [-0.2, 0) is 4.79 Å². The number of aryl methyl sites for hydroxylation is 1. The van der Waals surface area contributed by atoms with E-state index in [2.05, 4.69) is 41.5 Å². The number of anilines is 2. The Labute approximate surface area is 160 Å². The molecule has 136 valence electrons. The van der Waals surface area contributed by atoms with E-state index < -0.39 is 0 Å². The number of carbonyl (C=O) groups is 1. The Morgan fingerprint density at radius 2 is 1.69 bits per heavy atom. The van der Waals surface area contributed by atoms with Crippen LogP contribution in [0.15, 0.2) is 48.5 Å². The highest BCUT2D eigenvalue weighted by atomic mass is 32.1. The third kappa shape index (κ3) is 4.41. The van der Waals surface area contributed by atoms with E-state index in [1.54, 1.807) is 0 Å². The minimum Gasteiger partial charge on any atom is -0.349 e. The van der Waals surface area contributed by atoms with Crippen LogP contribution in [0.4, 0.5) is 11.4 Å². The number of likely N-dealkylation sites (tertiary alicyclic amines) is 1. The number of carbonyl (C=O) groups excluding carboxylic acids is 1.